The van der Waals surface area contributed by atoms with E-state index in [4.69, 9.17) is 0 Å². The van der Waals surface area contributed by atoms with Crippen LogP contribution in [0.3, 0.4) is 0 Å². The lowest BCUT2D eigenvalue weighted by atomic mass is 10.1. The summed E-state index contributed by atoms with van der Waals surface area (Å²) in [5.74, 6) is -0.463. The molecule has 1 unspecified atom stereocenters. The predicted octanol–water partition coefficient (Wildman–Crippen LogP) is 2.09. The number of carbonyl (C=O) groups excluding carboxylic acids is 1. The minimum atomic E-state index is -4.66. The number of halogens is 3. The molecule has 3 aromatic rings. The summed E-state index contributed by atoms with van der Waals surface area (Å²) < 4.78 is 41.3. The highest BCUT2D eigenvalue weighted by Gasteiger charge is 2.42. The van der Waals surface area contributed by atoms with E-state index in [0.29, 0.717) is 5.82 Å². The number of nitrogens with zero attached hydrogens (tertiary/aromatic N) is 5. The van der Waals surface area contributed by atoms with Gasteiger partial charge in [0, 0.05) is 24.2 Å². The van der Waals surface area contributed by atoms with Crippen LogP contribution in [0.5, 0.6) is 0 Å². The highest BCUT2D eigenvalue weighted by molar-refractivity contribution is 5.94. The van der Waals surface area contributed by atoms with Gasteiger partial charge in [0.2, 0.25) is 0 Å². The Morgan fingerprint density at radius 2 is 1.88 bits per heavy atom. The largest absolute Gasteiger partial charge is 0.412 e. The van der Waals surface area contributed by atoms with Gasteiger partial charge in [0.25, 0.3) is 5.91 Å². The fourth-order valence-electron chi connectivity index (χ4n) is 2.11. The first-order valence-corrected chi connectivity index (χ1v) is 7.04. The Labute approximate surface area is 139 Å². The molecule has 3 aromatic heterocycles. The van der Waals surface area contributed by atoms with Crippen molar-refractivity contribution in [3.63, 3.8) is 0 Å². The molecule has 0 aromatic carbocycles. The molecule has 0 aliphatic heterocycles. The van der Waals surface area contributed by atoms with E-state index in [1.165, 1.54) is 53.9 Å². The lowest BCUT2D eigenvalue weighted by Gasteiger charge is -2.21. The first-order chi connectivity index (χ1) is 11.9. The molecule has 0 radical (unpaired) electrons. The molecular formula is C15H11F3N6O. The number of carbonyl (C=O) groups is 1. The number of pyridine rings is 2. The molecule has 0 aliphatic carbocycles. The molecule has 7 nitrogen and oxygen atoms in total. The van der Waals surface area contributed by atoms with Crippen molar-refractivity contribution in [2.24, 2.45) is 0 Å². The summed E-state index contributed by atoms with van der Waals surface area (Å²) in [4.78, 5) is 19.8. The normalized spacial score (nSPS) is 12.6. The highest BCUT2D eigenvalue weighted by Crippen LogP contribution is 2.32. The van der Waals surface area contributed by atoms with Crippen molar-refractivity contribution in [2.75, 3.05) is 0 Å². The number of amides is 1. The van der Waals surface area contributed by atoms with Crippen LogP contribution in [0.15, 0.2) is 55.5 Å². The molecule has 0 fully saturated rings. The molecular weight excluding hydrogens is 337 g/mol. The van der Waals surface area contributed by atoms with Crippen LogP contribution < -0.4 is 5.32 Å². The van der Waals surface area contributed by atoms with E-state index in [1.54, 1.807) is 0 Å². The lowest BCUT2D eigenvalue weighted by molar-refractivity contribution is -0.155. The average molecular weight is 348 g/mol. The molecule has 1 atom stereocenters. The Kier molecular flexibility index (Phi) is 4.42. The van der Waals surface area contributed by atoms with Crippen LogP contribution in [0.2, 0.25) is 0 Å². The van der Waals surface area contributed by atoms with Crippen LogP contribution in [0.1, 0.15) is 22.0 Å². The van der Waals surface area contributed by atoms with Crippen LogP contribution in [-0.4, -0.2) is 36.8 Å². The Morgan fingerprint density at radius 3 is 2.44 bits per heavy atom. The van der Waals surface area contributed by atoms with Gasteiger partial charge in [-0.05, 0) is 18.2 Å². The predicted molar refractivity (Wildman–Crippen MR) is 79.7 cm³/mol. The number of rotatable bonds is 4. The van der Waals surface area contributed by atoms with Crippen LogP contribution >= 0.6 is 0 Å². The third-order valence-electron chi connectivity index (χ3n) is 3.31. The molecule has 1 amide bonds. The van der Waals surface area contributed by atoms with E-state index in [2.05, 4.69) is 20.2 Å². The second-order valence-corrected chi connectivity index (χ2v) is 5.01. The Balaban J connectivity index is 1.80. The van der Waals surface area contributed by atoms with Gasteiger partial charge in [-0.2, -0.15) is 13.2 Å². The summed E-state index contributed by atoms with van der Waals surface area (Å²) in [5.41, 5.74) is -0.160. The number of aromatic nitrogens is 5. The topological polar surface area (TPSA) is 85.6 Å². The third kappa shape index (κ3) is 3.79. The van der Waals surface area contributed by atoms with Crippen molar-refractivity contribution in [3.8, 4) is 5.82 Å². The summed E-state index contributed by atoms with van der Waals surface area (Å²) in [7, 11) is 0. The molecule has 0 aliphatic rings. The quantitative estimate of drug-likeness (QED) is 0.780. The summed E-state index contributed by atoms with van der Waals surface area (Å²) >= 11 is 0. The third-order valence-corrected chi connectivity index (χ3v) is 3.31. The van der Waals surface area contributed by atoms with Gasteiger partial charge in [-0.3, -0.25) is 14.3 Å². The zero-order chi connectivity index (χ0) is 17.9. The van der Waals surface area contributed by atoms with Gasteiger partial charge in [0.15, 0.2) is 6.04 Å². The number of hydrogen-bond donors (Lipinski definition) is 1. The molecule has 3 rings (SSSR count). The minimum Gasteiger partial charge on any atom is -0.337 e. The van der Waals surface area contributed by atoms with Crippen LogP contribution in [-0.2, 0) is 0 Å². The van der Waals surface area contributed by atoms with Crippen molar-refractivity contribution in [2.45, 2.75) is 12.2 Å². The standard InChI is InChI=1S/C15H11F3N6O/c16-15(17,18)13(10-2-1-5-19-6-10)23-14(25)11-3-4-12(20-7-11)24-8-21-22-9-24/h1-9,13H,(H,23,25). The molecule has 1 N–H and O–H groups in total. The highest BCUT2D eigenvalue weighted by atomic mass is 19.4. The molecule has 128 valence electrons. The second kappa shape index (κ2) is 6.67. The van der Waals surface area contributed by atoms with Crippen molar-refractivity contribution < 1.29 is 18.0 Å². The maximum Gasteiger partial charge on any atom is 0.412 e. The molecule has 25 heavy (non-hydrogen) atoms. The van der Waals surface area contributed by atoms with Gasteiger partial charge in [-0.1, -0.05) is 6.07 Å². The summed E-state index contributed by atoms with van der Waals surface area (Å²) in [5, 5.41) is 9.21. The van der Waals surface area contributed by atoms with E-state index in [9.17, 15) is 18.0 Å². The van der Waals surface area contributed by atoms with E-state index in [-0.39, 0.29) is 11.1 Å². The summed E-state index contributed by atoms with van der Waals surface area (Å²) in [6.07, 6.45) is 1.75. The van der Waals surface area contributed by atoms with Gasteiger partial charge >= 0.3 is 6.18 Å². The molecule has 10 heteroatoms. The van der Waals surface area contributed by atoms with Gasteiger partial charge in [0.05, 0.1) is 5.56 Å². The molecule has 0 bridgehead atoms. The fourth-order valence-corrected chi connectivity index (χ4v) is 2.11. The lowest BCUT2D eigenvalue weighted by Crippen LogP contribution is -2.38. The van der Waals surface area contributed by atoms with E-state index in [0.717, 1.165) is 6.20 Å². The van der Waals surface area contributed by atoms with Gasteiger partial charge in [-0.25, -0.2) is 4.98 Å². The summed E-state index contributed by atoms with van der Waals surface area (Å²) in [6.45, 7) is 0. The minimum absolute atomic E-state index is 0.00466. The van der Waals surface area contributed by atoms with E-state index < -0.39 is 18.1 Å². The fraction of sp³-hybridized carbons (Fsp3) is 0.133. The molecule has 0 saturated heterocycles. The Hall–Kier alpha value is -3.30. The Morgan fingerprint density at radius 1 is 1.12 bits per heavy atom. The van der Waals surface area contributed by atoms with Gasteiger partial charge < -0.3 is 5.32 Å². The van der Waals surface area contributed by atoms with E-state index >= 15 is 0 Å². The van der Waals surface area contributed by atoms with Crippen molar-refractivity contribution in [1.29, 1.82) is 0 Å². The number of alkyl halides is 3. The Bertz CT molecular complexity index is 834. The van der Waals surface area contributed by atoms with Gasteiger partial charge in [-0.15, -0.1) is 10.2 Å². The zero-order valence-corrected chi connectivity index (χ0v) is 12.6. The van der Waals surface area contributed by atoms with Crippen LogP contribution in [0.4, 0.5) is 13.2 Å². The monoisotopic (exact) mass is 348 g/mol. The number of nitrogens with one attached hydrogen (secondary N) is 1. The maximum atomic E-state index is 13.3. The SMILES string of the molecule is O=C(NC(c1cccnc1)C(F)(F)F)c1ccc(-n2cnnc2)nc1. The van der Waals surface area contributed by atoms with Gasteiger partial charge in [0.1, 0.15) is 18.5 Å². The molecule has 3 heterocycles. The van der Waals surface area contributed by atoms with Crippen molar-refractivity contribution in [3.05, 3.63) is 66.6 Å². The first kappa shape index (κ1) is 16.6. The first-order valence-electron chi connectivity index (χ1n) is 7.04. The second-order valence-electron chi connectivity index (χ2n) is 5.01. The van der Waals surface area contributed by atoms with Crippen molar-refractivity contribution in [1.82, 2.24) is 30.0 Å². The molecule has 0 spiro atoms. The summed E-state index contributed by atoms with van der Waals surface area (Å²) in [6, 6.07) is 3.31. The average Bonchev–Trinajstić information content (AvgIpc) is 3.14. The van der Waals surface area contributed by atoms with E-state index in [1.807, 2.05) is 5.32 Å². The molecule has 0 saturated carbocycles. The van der Waals surface area contributed by atoms with Crippen molar-refractivity contribution >= 4 is 5.91 Å². The van der Waals surface area contributed by atoms with Crippen LogP contribution in [0.25, 0.3) is 5.82 Å². The smallest absolute Gasteiger partial charge is 0.337 e. The number of hydrogen-bond acceptors (Lipinski definition) is 5. The van der Waals surface area contributed by atoms with Crippen LogP contribution in [0, 0.1) is 0 Å². The zero-order valence-electron chi connectivity index (χ0n) is 12.6. The maximum absolute atomic E-state index is 13.3.